The van der Waals surface area contributed by atoms with E-state index in [9.17, 15) is 25.9 Å². The Morgan fingerprint density at radius 2 is 1.80 bits per heavy atom. The summed E-state index contributed by atoms with van der Waals surface area (Å²) in [4.78, 5) is 4.38. The van der Waals surface area contributed by atoms with E-state index >= 15 is 0 Å². The summed E-state index contributed by atoms with van der Waals surface area (Å²) in [5.74, 6) is 0. The molecule has 0 aliphatic rings. The van der Waals surface area contributed by atoms with Crippen molar-refractivity contribution in [1.29, 1.82) is 15.8 Å². The number of nitrogens with zero attached hydrogens (tertiary/aromatic N) is 7. The zero-order valence-corrected chi connectivity index (χ0v) is 24.2. The molecule has 0 spiro atoms. The Balaban J connectivity index is 1.66. The zero-order valence-electron chi connectivity index (χ0n) is 24.4. The van der Waals surface area contributed by atoms with Crippen LogP contribution in [-0.2, 0) is 6.05 Å². The number of hydrogen-bond acceptors (Lipinski definition) is 9. The Morgan fingerprint density at radius 3 is 2.51 bits per heavy atom. The zero-order chi connectivity index (χ0) is 32.9. The van der Waals surface area contributed by atoms with E-state index in [1.807, 2.05) is 36.4 Å². The SMILES string of the molecule is [2H][C@](Nc1cc(Cl)c2ncc(C#N)c(N[C@H](CCC#N)c3ccccc3)c2c1)(c1cccc(C#N)c1)c1cn(C(F)(F)CO)nn1. The van der Waals surface area contributed by atoms with E-state index in [0.29, 0.717) is 23.0 Å². The number of nitriles is 3. The first-order valence-corrected chi connectivity index (χ1v) is 13.9. The average molecular weight is 625 g/mol. The van der Waals surface area contributed by atoms with Crippen LogP contribution in [0.15, 0.2) is 79.1 Å². The fraction of sp³-hybridized carbons (Fsp3) is 0.188. The lowest BCUT2D eigenvalue weighted by Crippen LogP contribution is -2.27. The largest absolute Gasteiger partial charge is 0.388 e. The highest BCUT2D eigenvalue weighted by molar-refractivity contribution is 6.35. The third-order valence-corrected chi connectivity index (χ3v) is 7.22. The molecule has 224 valence electrons. The average Bonchev–Trinajstić information content (AvgIpc) is 3.59. The molecule has 13 heteroatoms. The van der Waals surface area contributed by atoms with Crippen LogP contribution in [0.4, 0.5) is 20.2 Å². The second-order valence-electron chi connectivity index (χ2n) is 9.88. The van der Waals surface area contributed by atoms with Gasteiger partial charge in [0.2, 0.25) is 0 Å². The number of nitrogens with one attached hydrogen (secondary N) is 2. The second-order valence-corrected chi connectivity index (χ2v) is 10.3. The molecule has 3 N–H and O–H groups in total. The van der Waals surface area contributed by atoms with Crippen LogP contribution in [0, 0.1) is 34.0 Å². The second kappa shape index (κ2) is 13.4. The van der Waals surface area contributed by atoms with E-state index in [1.165, 1.54) is 36.5 Å². The van der Waals surface area contributed by atoms with Crippen molar-refractivity contribution >= 4 is 33.9 Å². The summed E-state index contributed by atoms with van der Waals surface area (Å²) in [5, 5.41) is 52.2. The molecule has 5 aromatic rings. The van der Waals surface area contributed by atoms with Gasteiger partial charge >= 0.3 is 6.05 Å². The maximum atomic E-state index is 14.3. The minimum atomic E-state index is -3.78. The van der Waals surface area contributed by atoms with Crippen LogP contribution in [0.2, 0.25) is 5.02 Å². The van der Waals surface area contributed by atoms with Gasteiger partial charge in [0.15, 0.2) is 0 Å². The molecule has 45 heavy (non-hydrogen) atoms. The Bertz CT molecular complexity index is 2020. The maximum absolute atomic E-state index is 14.3. The van der Waals surface area contributed by atoms with Gasteiger partial charge in [0.25, 0.3) is 0 Å². The molecular weight excluding hydrogens is 600 g/mol. The number of fused-ring (bicyclic) bond motifs is 1. The summed E-state index contributed by atoms with van der Waals surface area (Å²) in [5.41, 5.74) is 2.16. The predicted molar refractivity (Wildman–Crippen MR) is 163 cm³/mol. The standard InChI is InChI=1S/C32H24ClF2N9O/c33-26-14-24(40-30(22-9-4-6-20(12-22)15-37)28-18-44(43-42-28)32(34,35)19-45)13-25-29(23(16-38)17-39-31(25)26)41-27(10-5-11-36)21-7-2-1-3-8-21/h1-4,6-9,12-14,17-18,27,30,40,45H,5,10,19H2,(H,39,41)/t27-,30+/m1/s1/i30D. The minimum Gasteiger partial charge on any atom is -0.388 e. The van der Waals surface area contributed by atoms with Crippen molar-refractivity contribution < 1.29 is 15.3 Å². The van der Waals surface area contributed by atoms with Crippen molar-refractivity contribution in [1.82, 2.24) is 20.0 Å². The molecule has 0 radical (unpaired) electrons. The number of hydrogen-bond donors (Lipinski definition) is 3. The monoisotopic (exact) mass is 624 g/mol. The summed E-state index contributed by atoms with van der Waals surface area (Å²) in [6, 6.07) is 18.6. The van der Waals surface area contributed by atoms with Gasteiger partial charge in [0, 0.05) is 23.7 Å². The topological polar surface area (TPSA) is 159 Å². The highest BCUT2D eigenvalue weighted by Crippen LogP contribution is 2.38. The first-order valence-electron chi connectivity index (χ1n) is 14.0. The van der Waals surface area contributed by atoms with Gasteiger partial charge in [-0.05, 0) is 41.8 Å². The van der Waals surface area contributed by atoms with E-state index in [0.717, 1.165) is 11.8 Å². The lowest BCUT2D eigenvalue weighted by atomic mass is 9.99. The number of aliphatic hydroxyl groups is 1. The van der Waals surface area contributed by atoms with E-state index in [4.69, 9.17) is 16.7 Å². The summed E-state index contributed by atoms with van der Waals surface area (Å²) in [6.45, 7) is -1.54. The summed E-state index contributed by atoms with van der Waals surface area (Å²) >= 11 is 6.70. The lowest BCUT2D eigenvalue weighted by molar-refractivity contribution is -0.131. The molecule has 2 heterocycles. The molecule has 0 bridgehead atoms. The normalized spacial score (nSPS) is 13.5. The molecule has 10 nitrogen and oxygen atoms in total. The van der Waals surface area contributed by atoms with E-state index in [1.54, 1.807) is 6.07 Å². The first-order chi connectivity index (χ1) is 22.1. The van der Waals surface area contributed by atoms with Gasteiger partial charge in [-0.1, -0.05) is 59.3 Å². The number of rotatable bonds is 11. The number of aromatic nitrogens is 4. The van der Waals surface area contributed by atoms with Crippen molar-refractivity contribution in [3.8, 4) is 18.2 Å². The first kappa shape index (κ1) is 29.5. The Hall–Kier alpha value is -5.61. The van der Waals surface area contributed by atoms with Crippen molar-refractivity contribution in [3.63, 3.8) is 0 Å². The number of halogens is 3. The van der Waals surface area contributed by atoms with E-state index in [-0.39, 0.29) is 50.2 Å². The minimum absolute atomic E-state index is 0.157. The van der Waals surface area contributed by atoms with Crippen molar-refractivity contribution in [2.45, 2.75) is 30.9 Å². The molecule has 3 aromatic carbocycles. The molecule has 0 amide bonds. The van der Waals surface area contributed by atoms with Crippen molar-refractivity contribution in [2.24, 2.45) is 0 Å². The Morgan fingerprint density at radius 1 is 1.02 bits per heavy atom. The van der Waals surface area contributed by atoms with Gasteiger partial charge in [-0.25, -0.2) is 0 Å². The van der Waals surface area contributed by atoms with E-state index < -0.39 is 18.7 Å². The lowest BCUT2D eigenvalue weighted by Gasteiger charge is -2.23. The van der Waals surface area contributed by atoms with Gasteiger partial charge in [-0.15, -0.1) is 5.10 Å². The van der Waals surface area contributed by atoms with Gasteiger partial charge in [-0.2, -0.15) is 29.2 Å². The quantitative estimate of drug-likeness (QED) is 0.151. The molecule has 0 fully saturated rings. The van der Waals surface area contributed by atoms with Crippen LogP contribution in [0.1, 0.15) is 54.2 Å². The number of benzene rings is 3. The molecule has 0 aliphatic carbocycles. The fourth-order valence-electron chi connectivity index (χ4n) is 4.75. The Labute approximate surface area is 263 Å². The number of pyridine rings is 1. The highest BCUT2D eigenvalue weighted by Gasteiger charge is 2.33. The van der Waals surface area contributed by atoms with Gasteiger partial charge in [-0.3, -0.25) is 4.98 Å². The van der Waals surface area contributed by atoms with Crippen LogP contribution in [0.25, 0.3) is 10.9 Å². The summed E-state index contributed by atoms with van der Waals surface area (Å²) in [6.07, 6.45) is 2.89. The summed E-state index contributed by atoms with van der Waals surface area (Å²) < 4.78 is 38.2. The predicted octanol–water partition coefficient (Wildman–Crippen LogP) is 6.42. The van der Waals surface area contributed by atoms with Crippen LogP contribution in [0.3, 0.4) is 0 Å². The molecule has 5 rings (SSSR count). The van der Waals surface area contributed by atoms with Crippen LogP contribution in [0.5, 0.6) is 0 Å². The highest BCUT2D eigenvalue weighted by atomic mass is 35.5. The number of aliphatic hydroxyl groups excluding tert-OH is 1. The smallest absolute Gasteiger partial charge is 0.367 e. The van der Waals surface area contributed by atoms with E-state index in [2.05, 4.69) is 38.1 Å². The molecule has 0 aliphatic heterocycles. The van der Waals surface area contributed by atoms with Gasteiger partial charge < -0.3 is 15.7 Å². The number of alkyl halides is 2. The Kier molecular flexibility index (Phi) is 8.74. The molecule has 2 aromatic heterocycles. The van der Waals surface area contributed by atoms with Crippen molar-refractivity contribution in [3.05, 3.63) is 112 Å². The third-order valence-electron chi connectivity index (χ3n) is 6.94. The number of anilines is 2. The molecule has 0 saturated carbocycles. The van der Waals surface area contributed by atoms with Crippen LogP contribution in [-0.4, -0.2) is 31.7 Å². The van der Waals surface area contributed by atoms with Crippen LogP contribution < -0.4 is 10.6 Å². The molecular formula is C32H24ClF2N9O. The van der Waals surface area contributed by atoms with Crippen molar-refractivity contribution in [2.75, 3.05) is 17.2 Å². The molecule has 2 atom stereocenters. The third kappa shape index (κ3) is 6.66. The van der Waals surface area contributed by atoms with Gasteiger partial charge in [0.05, 0.1) is 59.1 Å². The maximum Gasteiger partial charge on any atom is 0.367 e. The van der Waals surface area contributed by atoms with Gasteiger partial charge in [0.1, 0.15) is 18.4 Å². The van der Waals surface area contributed by atoms with Crippen LogP contribution >= 0.6 is 11.6 Å². The molecule has 0 saturated heterocycles. The summed E-state index contributed by atoms with van der Waals surface area (Å²) in [7, 11) is 0. The fourth-order valence-corrected chi connectivity index (χ4v) is 5.01. The molecule has 0 unspecified atom stereocenters.